The van der Waals surface area contributed by atoms with Crippen LogP contribution >= 0.6 is 0 Å². The Balaban J connectivity index is 1.75. The lowest BCUT2D eigenvalue weighted by atomic mass is 10.0. The summed E-state index contributed by atoms with van der Waals surface area (Å²) in [5.74, 6) is 1.50. The minimum atomic E-state index is -4.61. The van der Waals surface area contributed by atoms with E-state index in [9.17, 15) is 22.2 Å². The van der Waals surface area contributed by atoms with Crippen LogP contribution in [-0.4, -0.2) is 25.3 Å². The van der Waals surface area contributed by atoms with Gasteiger partial charge in [-0.1, -0.05) is 32.4 Å². The van der Waals surface area contributed by atoms with Crippen molar-refractivity contribution in [3.63, 3.8) is 0 Å². The van der Waals surface area contributed by atoms with E-state index < -0.39 is 28.1 Å². The number of hydrogen-bond acceptors (Lipinski definition) is 2. The second-order valence-corrected chi connectivity index (χ2v) is 10.7. The number of halogens is 3. The van der Waals surface area contributed by atoms with E-state index >= 15 is 0 Å². The maximum atomic E-state index is 13.8. The fourth-order valence-electron chi connectivity index (χ4n) is 4.85. The average molecular weight is 509 g/mol. The maximum Gasteiger partial charge on any atom is 0.417 e. The van der Waals surface area contributed by atoms with Gasteiger partial charge < -0.3 is 9.55 Å². The molecule has 0 aliphatic rings. The van der Waals surface area contributed by atoms with E-state index in [1.165, 1.54) is 0 Å². The van der Waals surface area contributed by atoms with Crippen molar-refractivity contribution >= 4 is 32.6 Å². The summed E-state index contributed by atoms with van der Waals surface area (Å²) in [6.45, 7) is 6.67. The number of aromatic amines is 1. The molecule has 1 unspecified atom stereocenters. The monoisotopic (exact) mass is 508 g/mol. The Morgan fingerprint density at radius 3 is 2.46 bits per heavy atom. The molecule has 0 spiro atoms. The highest BCUT2D eigenvalue weighted by molar-refractivity contribution is 7.84. The normalized spacial score (nSPS) is 13.4. The zero-order valence-electron chi connectivity index (χ0n) is 20.8. The molecule has 1 N–H and O–H groups in total. The van der Waals surface area contributed by atoms with Gasteiger partial charge in [0.15, 0.2) is 0 Å². The van der Waals surface area contributed by atoms with Gasteiger partial charge in [0.1, 0.15) is 0 Å². The first-order chi connectivity index (χ1) is 16.7. The van der Waals surface area contributed by atoms with Gasteiger partial charge in [-0.15, -0.1) is 0 Å². The van der Waals surface area contributed by atoms with Crippen molar-refractivity contribution < 1.29 is 17.4 Å². The molecule has 4 nitrogen and oxygen atoms in total. The number of aryl methyl sites for hydroxylation is 2. The number of H-pyrrole nitrogens is 1. The molecular weight excluding hydrogens is 473 g/mol. The molecule has 1 atom stereocenters. The molecule has 0 fully saturated rings. The van der Waals surface area contributed by atoms with E-state index in [1.54, 1.807) is 6.07 Å². The molecule has 0 saturated heterocycles. The predicted molar refractivity (Wildman–Crippen MR) is 140 cm³/mol. The number of pyridine rings is 1. The zero-order chi connectivity index (χ0) is 25.6. The molecule has 0 aliphatic carbocycles. The maximum absolute atomic E-state index is 13.8. The number of benzene rings is 1. The van der Waals surface area contributed by atoms with E-state index in [-0.39, 0.29) is 10.9 Å². The zero-order valence-corrected chi connectivity index (χ0v) is 21.6. The van der Waals surface area contributed by atoms with Crippen molar-refractivity contribution in [2.75, 3.05) is 11.5 Å². The minimum Gasteiger partial charge on any atom is -0.344 e. The van der Waals surface area contributed by atoms with Gasteiger partial charge in [0.05, 0.1) is 5.56 Å². The van der Waals surface area contributed by atoms with Crippen molar-refractivity contribution in [3.8, 4) is 0 Å². The first-order valence-electron chi connectivity index (χ1n) is 12.4. The SMILES string of the molecule is CCCS(=O)CCC=CCCCCCn1c(CC)c(C)c2c3c(C(F)(F)F)cc(=O)[nH]c3ccc21. The number of nitrogens with zero attached hydrogens (tertiary/aromatic N) is 1. The van der Waals surface area contributed by atoms with Gasteiger partial charge in [-0.3, -0.25) is 9.00 Å². The van der Waals surface area contributed by atoms with Crippen molar-refractivity contribution in [2.24, 2.45) is 0 Å². The van der Waals surface area contributed by atoms with Crippen LogP contribution in [0, 0.1) is 6.92 Å². The Morgan fingerprint density at radius 1 is 1.03 bits per heavy atom. The predicted octanol–water partition coefficient (Wildman–Crippen LogP) is 7.04. The summed E-state index contributed by atoms with van der Waals surface area (Å²) in [5.41, 5.74) is 1.24. The minimum absolute atomic E-state index is 0.0746. The molecule has 0 bridgehead atoms. The number of unbranched alkanes of at least 4 members (excludes halogenated alkanes) is 3. The van der Waals surface area contributed by atoms with Gasteiger partial charge in [-0.25, -0.2) is 0 Å². The Morgan fingerprint density at radius 2 is 1.77 bits per heavy atom. The lowest BCUT2D eigenvalue weighted by Gasteiger charge is -2.12. The molecule has 35 heavy (non-hydrogen) atoms. The van der Waals surface area contributed by atoms with Crippen LogP contribution in [0.25, 0.3) is 21.8 Å². The summed E-state index contributed by atoms with van der Waals surface area (Å²) in [6.07, 6.45) is 6.13. The van der Waals surface area contributed by atoms with E-state index in [2.05, 4.69) is 21.7 Å². The van der Waals surface area contributed by atoms with Gasteiger partial charge >= 0.3 is 6.18 Å². The fourth-order valence-corrected chi connectivity index (χ4v) is 5.91. The summed E-state index contributed by atoms with van der Waals surface area (Å²) in [5, 5.41) is 0.650. The van der Waals surface area contributed by atoms with Gasteiger partial charge in [0.2, 0.25) is 5.56 Å². The fraction of sp³-hybridized carbons (Fsp3) is 0.519. The third kappa shape index (κ3) is 6.46. The van der Waals surface area contributed by atoms with E-state index in [4.69, 9.17) is 0 Å². The molecule has 0 saturated carbocycles. The van der Waals surface area contributed by atoms with Crippen LogP contribution < -0.4 is 5.56 Å². The van der Waals surface area contributed by atoms with E-state index in [0.717, 1.165) is 79.8 Å². The molecule has 3 aromatic rings. The molecule has 8 heteroatoms. The topological polar surface area (TPSA) is 54.9 Å². The molecule has 0 radical (unpaired) electrons. The molecular formula is C27H35F3N2O2S. The second-order valence-electron chi connectivity index (χ2n) is 8.96. The first-order valence-corrected chi connectivity index (χ1v) is 13.9. The highest BCUT2D eigenvalue weighted by Gasteiger charge is 2.34. The Kier molecular flexibility index (Phi) is 9.39. The van der Waals surface area contributed by atoms with E-state index in [0.29, 0.717) is 11.5 Å². The van der Waals surface area contributed by atoms with Crippen molar-refractivity contribution in [2.45, 2.75) is 78.4 Å². The number of nitrogens with one attached hydrogen (secondary N) is 1. The lowest BCUT2D eigenvalue weighted by molar-refractivity contribution is -0.136. The number of aromatic nitrogens is 2. The summed E-state index contributed by atoms with van der Waals surface area (Å²) < 4.78 is 55.3. The molecule has 192 valence electrons. The molecule has 0 aliphatic heterocycles. The van der Waals surface area contributed by atoms with Crippen molar-refractivity contribution in [1.29, 1.82) is 0 Å². The Hall–Kier alpha value is -2.35. The number of rotatable bonds is 12. The largest absolute Gasteiger partial charge is 0.417 e. The molecule has 3 rings (SSSR count). The Labute approximate surface area is 207 Å². The van der Waals surface area contributed by atoms with Crippen LogP contribution in [0.5, 0.6) is 0 Å². The van der Waals surface area contributed by atoms with Crippen LogP contribution in [-0.2, 0) is 29.9 Å². The van der Waals surface area contributed by atoms with Crippen LogP contribution in [0.2, 0.25) is 0 Å². The standard InChI is InChI=1S/C27H35F3N2O2S/c1-4-16-35(34)17-12-10-8-6-7-9-11-15-32-22(5-2)19(3)25-23(32)14-13-21-26(25)20(27(28,29)30)18-24(33)31-21/h8,10,13-14,18H,4-7,9,11-12,15-17H2,1-3H3,(H,31,33). The first kappa shape index (κ1) is 27.2. The molecule has 0 amide bonds. The lowest BCUT2D eigenvalue weighted by Crippen LogP contribution is -2.14. The van der Waals surface area contributed by atoms with Gasteiger partial charge in [-0.2, -0.15) is 13.2 Å². The van der Waals surface area contributed by atoms with Crippen LogP contribution in [0.4, 0.5) is 13.2 Å². The smallest absolute Gasteiger partial charge is 0.344 e. The summed E-state index contributed by atoms with van der Waals surface area (Å²) in [4.78, 5) is 14.4. The highest BCUT2D eigenvalue weighted by Crippen LogP contribution is 2.39. The summed E-state index contributed by atoms with van der Waals surface area (Å²) in [6, 6.07) is 4.08. The third-order valence-corrected chi connectivity index (χ3v) is 7.97. The number of hydrogen-bond donors (Lipinski definition) is 1. The van der Waals surface area contributed by atoms with E-state index in [1.807, 2.05) is 26.8 Å². The highest BCUT2D eigenvalue weighted by atomic mass is 32.2. The van der Waals surface area contributed by atoms with Crippen LogP contribution in [0.3, 0.4) is 0 Å². The number of allylic oxidation sites excluding steroid dienone is 2. The average Bonchev–Trinajstić information content (AvgIpc) is 3.07. The van der Waals surface area contributed by atoms with Crippen molar-refractivity contribution in [3.05, 3.63) is 57.5 Å². The van der Waals surface area contributed by atoms with Gasteiger partial charge in [-0.05, 0) is 63.1 Å². The Bertz CT molecular complexity index is 1270. The van der Waals surface area contributed by atoms with Crippen LogP contribution in [0.1, 0.15) is 69.2 Å². The molecule has 2 aromatic heterocycles. The number of fused-ring (bicyclic) bond motifs is 3. The summed E-state index contributed by atoms with van der Waals surface area (Å²) in [7, 11) is -0.715. The summed E-state index contributed by atoms with van der Waals surface area (Å²) >= 11 is 0. The molecule has 1 aromatic carbocycles. The molecule has 2 heterocycles. The van der Waals surface area contributed by atoms with Gasteiger partial charge in [0.25, 0.3) is 0 Å². The number of alkyl halides is 3. The second kappa shape index (κ2) is 12.1. The van der Waals surface area contributed by atoms with Crippen LogP contribution in [0.15, 0.2) is 35.1 Å². The third-order valence-electron chi connectivity index (χ3n) is 6.41. The quantitative estimate of drug-likeness (QED) is 0.211. The van der Waals surface area contributed by atoms with Crippen molar-refractivity contribution in [1.82, 2.24) is 9.55 Å². The van der Waals surface area contributed by atoms with Gasteiger partial charge in [0, 0.05) is 62.4 Å².